The Morgan fingerprint density at radius 2 is 1.96 bits per heavy atom. The Morgan fingerprint density at radius 1 is 1.20 bits per heavy atom. The van der Waals surface area contributed by atoms with Crippen LogP contribution in [0.1, 0.15) is 56.5 Å². The predicted octanol–water partition coefficient (Wildman–Crippen LogP) is 2.70. The predicted molar refractivity (Wildman–Crippen MR) is 98.8 cm³/mol. The van der Waals surface area contributed by atoms with Crippen LogP contribution in [-0.2, 0) is 12.0 Å². The molecule has 1 saturated heterocycles. The Labute approximate surface area is 149 Å². The van der Waals surface area contributed by atoms with Crippen molar-refractivity contribution in [3.8, 4) is 0 Å². The summed E-state index contributed by atoms with van der Waals surface area (Å²) in [7, 11) is 2.21. The summed E-state index contributed by atoms with van der Waals surface area (Å²) in [5, 5.41) is 16.3. The van der Waals surface area contributed by atoms with E-state index in [2.05, 4.69) is 70.1 Å². The molecule has 0 radical (unpaired) electrons. The second-order valence-electron chi connectivity index (χ2n) is 8.58. The summed E-state index contributed by atoms with van der Waals surface area (Å²) in [4.78, 5) is 4.74. The van der Waals surface area contributed by atoms with Gasteiger partial charge in [-0.3, -0.25) is 10.00 Å². The van der Waals surface area contributed by atoms with E-state index in [4.69, 9.17) is 0 Å². The summed E-state index contributed by atoms with van der Waals surface area (Å²) < 4.78 is 0. The summed E-state index contributed by atoms with van der Waals surface area (Å²) in [6, 6.07) is 4.77. The van der Waals surface area contributed by atoms with E-state index in [9.17, 15) is 0 Å². The number of H-pyrrole nitrogens is 1. The van der Waals surface area contributed by atoms with E-state index < -0.39 is 0 Å². The molecule has 134 valence electrons. The van der Waals surface area contributed by atoms with E-state index in [-0.39, 0.29) is 5.41 Å². The highest BCUT2D eigenvalue weighted by molar-refractivity contribution is 5.42. The molecule has 1 N–H and O–H groups in total. The van der Waals surface area contributed by atoms with Crippen molar-refractivity contribution in [2.45, 2.75) is 57.5 Å². The summed E-state index contributed by atoms with van der Waals surface area (Å²) in [5.74, 6) is 1.71. The summed E-state index contributed by atoms with van der Waals surface area (Å²) in [6.45, 7) is 9.48. The van der Waals surface area contributed by atoms with Crippen LogP contribution in [0.4, 0.5) is 5.82 Å². The lowest BCUT2D eigenvalue weighted by Crippen LogP contribution is -2.58. The van der Waals surface area contributed by atoms with Gasteiger partial charge in [0.05, 0.1) is 11.9 Å². The van der Waals surface area contributed by atoms with Gasteiger partial charge < -0.3 is 4.90 Å². The van der Waals surface area contributed by atoms with Crippen LogP contribution in [-0.4, -0.2) is 51.5 Å². The average molecular weight is 340 g/mol. The highest BCUT2D eigenvalue weighted by Gasteiger charge is 2.33. The maximum atomic E-state index is 4.42. The normalized spacial score (nSPS) is 18.7. The molecule has 0 aromatic carbocycles. The molecule has 0 spiro atoms. The molecule has 0 bridgehead atoms. The lowest BCUT2D eigenvalue weighted by atomic mass is 9.92. The highest BCUT2D eigenvalue weighted by Crippen LogP contribution is 2.40. The Morgan fingerprint density at radius 3 is 2.56 bits per heavy atom. The average Bonchev–Trinajstić information content (AvgIpc) is 3.26. The molecular formula is C19H28N6. The van der Waals surface area contributed by atoms with Crippen LogP contribution in [0.25, 0.3) is 0 Å². The van der Waals surface area contributed by atoms with Gasteiger partial charge in [0.1, 0.15) is 0 Å². The van der Waals surface area contributed by atoms with Crippen LogP contribution in [0.2, 0.25) is 0 Å². The molecule has 2 fully saturated rings. The zero-order valence-corrected chi connectivity index (χ0v) is 15.7. The van der Waals surface area contributed by atoms with Gasteiger partial charge in [-0.1, -0.05) is 20.8 Å². The van der Waals surface area contributed by atoms with Gasteiger partial charge >= 0.3 is 0 Å². The number of aromatic nitrogens is 4. The van der Waals surface area contributed by atoms with Crippen molar-refractivity contribution in [1.29, 1.82) is 0 Å². The van der Waals surface area contributed by atoms with Crippen LogP contribution in [0.15, 0.2) is 18.3 Å². The van der Waals surface area contributed by atoms with E-state index in [1.54, 1.807) is 0 Å². The molecule has 0 amide bonds. The molecule has 2 aliphatic rings. The van der Waals surface area contributed by atoms with E-state index in [1.165, 1.54) is 24.1 Å². The van der Waals surface area contributed by atoms with E-state index in [0.717, 1.165) is 37.1 Å². The van der Waals surface area contributed by atoms with Gasteiger partial charge in [0.15, 0.2) is 5.82 Å². The van der Waals surface area contributed by atoms with Gasteiger partial charge in [-0.2, -0.15) is 10.2 Å². The van der Waals surface area contributed by atoms with Crippen LogP contribution in [0.3, 0.4) is 0 Å². The van der Waals surface area contributed by atoms with Crippen LogP contribution >= 0.6 is 0 Å². The number of rotatable bonds is 5. The van der Waals surface area contributed by atoms with E-state index >= 15 is 0 Å². The maximum Gasteiger partial charge on any atom is 0.151 e. The SMILES string of the molecule is CN(Cc1cn[nH]c1C1CC1)C1CN(c2ccc(C(C)(C)C)nn2)C1. The lowest BCUT2D eigenvalue weighted by molar-refractivity contribution is 0.196. The third kappa shape index (κ3) is 3.40. The van der Waals surface area contributed by atoms with Gasteiger partial charge in [-0.15, -0.1) is 5.10 Å². The molecule has 0 unspecified atom stereocenters. The number of anilines is 1. The van der Waals surface area contributed by atoms with Gasteiger partial charge in [-0.25, -0.2) is 0 Å². The number of aromatic amines is 1. The lowest BCUT2D eigenvalue weighted by Gasteiger charge is -2.44. The topological polar surface area (TPSA) is 60.9 Å². The molecule has 4 rings (SSSR count). The minimum absolute atomic E-state index is 0.0487. The van der Waals surface area contributed by atoms with Crippen molar-refractivity contribution in [2.75, 3.05) is 25.0 Å². The number of nitrogens with one attached hydrogen (secondary N) is 1. The molecule has 1 aliphatic heterocycles. The monoisotopic (exact) mass is 340 g/mol. The Hall–Kier alpha value is -1.95. The first-order chi connectivity index (χ1) is 11.9. The fourth-order valence-electron chi connectivity index (χ4n) is 3.39. The Kier molecular flexibility index (Phi) is 4.02. The van der Waals surface area contributed by atoms with Crippen molar-refractivity contribution in [3.05, 3.63) is 35.3 Å². The fraction of sp³-hybridized carbons (Fsp3) is 0.632. The molecule has 6 heteroatoms. The van der Waals surface area contributed by atoms with Crippen molar-refractivity contribution in [3.63, 3.8) is 0 Å². The molecule has 1 aliphatic carbocycles. The Balaban J connectivity index is 1.33. The maximum absolute atomic E-state index is 4.42. The first-order valence-corrected chi connectivity index (χ1v) is 9.23. The number of likely N-dealkylation sites (N-methyl/N-ethyl adjacent to an activating group) is 1. The summed E-state index contributed by atoms with van der Waals surface area (Å²) >= 11 is 0. The first-order valence-electron chi connectivity index (χ1n) is 9.23. The largest absolute Gasteiger partial charge is 0.352 e. The minimum atomic E-state index is 0.0487. The molecule has 2 aromatic heterocycles. The summed E-state index contributed by atoms with van der Waals surface area (Å²) in [6.07, 6.45) is 4.61. The number of hydrogen-bond donors (Lipinski definition) is 1. The highest BCUT2D eigenvalue weighted by atomic mass is 15.4. The van der Waals surface area contributed by atoms with Crippen molar-refractivity contribution in [2.24, 2.45) is 0 Å². The van der Waals surface area contributed by atoms with E-state index in [1.807, 2.05) is 6.20 Å². The smallest absolute Gasteiger partial charge is 0.151 e. The van der Waals surface area contributed by atoms with Gasteiger partial charge in [0.25, 0.3) is 0 Å². The van der Waals surface area contributed by atoms with Crippen LogP contribution < -0.4 is 4.90 Å². The third-order valence-electron chi connectivity index (χ3n) is 5.39. The zero-order chi connectivity index (χ0) is 17.6. The summed E-state index contributed by atoms with van der Waals surface area (Å²) in [5.41, 5.74) is 3.80. The third-order valence-corrected chi connectivity index (χ3v) is 5.39. The van der Waals surface area contributed by atoms with Crippen LogP contribution in [0.5, 0.6) is 0 Å². The minimum Gasteiger partial charge on any atom is -0.352 e. The molecule has 6 nitrogen and oxygen atoms in total. The quantitative estimate of drug-likeness (QED) is 0.907. The molecule has 2 aromatic rings. The molecule has 25 heavy (non-hydrogen) atoms. The van der Waals surface area contributed by atoms with Gasteiger partial charge in [0.2, 0.25) is 0 Å². The molecule has 3 heterocycles. The van der Waals surface area contributed by atoms with Gasteiger partial charge in [-0.05, 0) is 32.0 Å². The van der Waals surface area contributed by atoms with Crippen molar-refractivity contribution in [1.82, 2.24) is 25.3 Å². The van der Waals surface area contributed by atoms with Crippen LogP contribution in [0, 0.1) is 0 Å². The standard InChI is InChI=1S/C19H28N6/c1-19(2,3)16-7-8-17(22-21-16)25-11-15(12-25)24(4)10-14-9-20-23-18(14)13-5-6-13/h7-9,13,15H,5-6,10-12H2,1-4H3,(H,20,23). The second kappa shape index (κ2) is 6.09. The van der Waals surface area contributed by atoms with E-state index in [0.29, 0.717) is 6.04 Å². The number of hydrogen-bond acceptors (Lipinski definition) is 5. The fourth-order valence-corrected chi connectivity index (χ4v) is 3.39. The van der Waals surface area contributed by atoms with Gasteiger partial charge in [0, 0.05) is 48.3 Å². The Bertz CT molecular complexity index is 719. The number of nitrogens with zero attached hydrogens (tertiary/aromatic N) is 5. The molecule has 0 atom stereocenters. The second-order valence-corrected chi connectivity index (χ2v) is 8.58. The first kappa shape index (κ1) is 16.5. The molecular weight excluding hydrogens is 312 g/mol. The zero-order valence-electron chi connectivity index (χ0n) is 15.7. The molecule has 1 saturated carbocycles. The van der Waals surface area contributed by atoms with Crippen molar-refractivity contribution >= 4 is 5.82 Å². The van der Waals surface area contributed by atoms with Crippen molar-refractivity contribution < 1.29 is 0 Å².